The molecular weight excluding hydrogens is 736 g/mol. The third-order valence-corrected chi connectivity index (χ3v) is 11.7. The average Bonchev–Trinajstić information content (AvgIpc) is 3.89. The van der Waals surface area contributed by atoms with Crippen LogP contribution in [0.2, 0.25) is 5.02 Å². The molecule has 0 saturated heterocycles. The summed E-state index contributed by atoms with van der Waals surface area (Å²) in [5.41, 5.74) is 6.61. The van der Waals surface area contributed by atoms with Crippen molar-refractivity contribution in [3.63, 3.8) is 0 Å². The smallest absolute Gasteiger partial charge is 0.410 e. The zero-order valence-electron chi connectivity index (χ0n) is 32.1. The third kappa shape index (κ3) is 7.06. The molecule has 3 aromatic carbocycles. The minimum absolute atomic E-state index is 0.163. The van der Waals surface area contributed by atoms with Crippen molar-refractivity contribution < 1.29 is 23.8 Å². The summed E-state index contributed by atoms with van der Waals surface area (Å²) >= 11 is 8.92. The van der Waals surface area contributed by atoms with Crippen LogP contribution in [0.5, 0.6) is 5.75 Å². The van der Waals surface area contributed by atoms with Gasteiger partial charge in [0.05, 0.1) is 48.7 Å². The topological polar surface area (TPSA) is 106 Å². The Morgan fingerprint density at radius 2 is 1.76 bits per heavy atom. The van der Waals surface area contributed by atoms with Crippen molar-refractivity contribution in [3.05, 3.63) is 93.7 Å². The molecule has 8 bridgehead atoms. The van der Waals surface area contributed by atoms with Crippen LogP contribution in [-0.4, -0.2) is 60.4 Å². The molecule has 2 aliphatic rings. The van der Waals surface area contributed by atoms with E-state index in [9.17, 15) is 9.59 Å². The fraction of sp³-hybridized carbons (Fsp3) is 0.381. The lowest BCUT2D eigenvalue weighted by Gasteiger charge is -2.27. The largest absolute Gasteiger partial charge is 0.493 e. The Morgan fingerprint density at radius 3 is 2.56 bits per heavy atom. The molecule has 8 rings (SSSR count). The van der Waals surface area contributed by atoms with Gasteiger partial charge in [0.1, 0.15) is 17.0 Å². The number of carbonyl (C=O) groups is 2. The van der Waals surface area contributed by atoms with Crippen molar-refractivity contribution in [2.24, 2.45) is 14.1 Å². The summed E-state index contributed by atoms with van der Waals surface area (Å²) in [5.74, 6) is 1.06. The van der Waals surface area contributed by atoms with Gasteiger partial charge in [0.15, 0.2) is 0 Å². The summed E-state index contributed by atoms with van der Waals surface area (Å²) < 4.78 is 23.7. The highest BCUT2D eigenvalue weighted by molar-refractivity contribution is 7.98. The lowest BCUT2D eigenvalue weighted by molar-refractivity contribution is 0.0211. The second-order valence-electron chi connectivity index (χ2n) is 15.3. The molecule has 11 nitrogen and oxygen atoms in total. The Balaban J connectivity index is 1.31. The molecule has 55 heavy (non-hydrogen) atoms. The van der Waals surface area contributed by atoms with E-state index in [2.05, 4.69) is 30.3 Å². The number of hydrogen-bond acceptors (Lipinski definition) is 8. The standard InChI is InChI=1S/C42H45ClN6O5S/c1-42(2,3)54-41(51)48-22-26-20-27(47(5)44-26)24-55-28-19-25-11-7-8-12-29(25)35(21-28)53-18-10-13-30-31-15-16-32(43)36(38(31)46(4)39(30)40(50)52-6)37-33(23-48)45-49-17-9-14-34(37)49/h7-8,11-12,15-16,19-21H,9-10,13-14,17-18,22-24H2,1-6H3. The first-order valence-electron chi connectivity index (χ1n) is 18.6. The number of rotatable bonds is 1. The first-order valence-corrected chi connectivity index (χ1v) is 20.0. The summed E-state index contributed by atoms with van der Waals surface area (Å²) in [6.07, 6.45) is 2.51. The zero-order chi connectivity index (χ0) is 38.6. The Morgan fingerprint density at radius 1 is 0.945 bits per heavy atom. The van der Waals surface area contributed by atoms with Gasteiger partial charge in [0.25, 0.3) is 0 Å². The van der Waals surface area contributed by atoms with E-state index in [0.717, 1.165) is 85.5 Å². The van der Waals surface area contributed by atoms with Gasteiger partial charge in [-0.2, -0.15) is 10.2 Å². The molecule has 286 valence electrons. The van der Waals surface area contributed by atoms with Crippen LogP contribution in [0.4, 0.5) is 4.79 Å². The Hall–Kier alpha value is -4.94. The number of fused-ring (bicyclic) bond motifs is 10. The van der Waals surface area contributed by atoms with Crippen molar-refractivity contribution in [2.75, 3.05) is 13.7 Å². The first kappa shape index (κ1) is 37.0. The molecule has 0 spiro atoms. The molecule has 0 radical (unpaired) electrons. The number of halogens is 1. The average molecular weight is 781 g/mol. The lowest BCUT2D eigenvalue weighted by atomic mass is 9.97. The van der Waals surface area contributed by atoms with Gasteiger partial charge in [-0.25, -0.2) is 9.59 Å². The normalized spacial score (nSPS) is 15.1. The number of ether oxygens (including phenoxy) is 3. The predicted molar refractivity (Wildman–Crippen MR) is 215 cm³/mol. The number of amides is 1. The highest BCUT2D eigenvalue weighted by Gasteiger charge is 2.32. The molecule has 5 heterocycles. The molecule has 0 aliphatic carbocycles. The van der Waals surface area contributed by atoms with Crippen molar-refractivity contribution in [2.45, 2.75) is 82.3 Å². The summed E-state index contributed by atoms with van der Waals surface area (Å²) in [6.45, 7) is 7.17. The fourth-order valence-electron chi connectivity index (χ4n) is 7.95. The number of esters is 1. The first-order chi connectivity index (χ1) is 26.4. The van der Waals surface area contributed by atoms with Gasteiger partial charge >= 0.3 is 12.1 Å². The maximum absolute atomic E-state index is 14.0. The minimum Gasteiger partial charge on any atom is -0.493 e. The molecule has 0 saturated carbocycles. The maximum atomic E-state index is 14.0. The third-order valence-electron chi connectivity index (χ3n) is 10.3. The van der Waals surface area contributed by atoms with Crippen molar-refractivity contribution in [1.82, 2.24) is 29.0 Å². The van der Waals surface area contributed by atoms with Crippen LogP contribution in [0.1, 0.15) is 72.4 Å². The summed E-state index contributed by atoms with van der Waals surface area (Å²) in [6, 6.07) is 18.5. The minimum atomic E-state index is -0.717. The summed E-state index contributed by atoms with van der Waals surface area (Å²) in [5, 5.41) is 13.5. The molecule has 0 fully saturated rings. The fourth-order valence-corrected chi connectivity index (χ4v) is 9.18. The molecule has 0 N–H and O–H groups in total. The van der Waals surface area contributed by atoms with Crippen LogP contribution in [0, 0.1) is 0 Å². The molecule has 3 aromatic heterocycles. The number of aromatic nitrogens is 5. The number of nitrogens with zero attached hydrogens (tertiary/aromatic N) is 6. The van der Waals surface area contributed by atoms with Gasteiger partial charge in [-0.05, 0) is 81.7 Å². The van der Waals surface area contributed by atoms with Crippen LogP contribution < -0.4 is 4.74 Å². The number of benzene rings is 3. The number of methoxy groups -OCH3 is 1. The monoisotopic (exact) mass is 780 g/mol. The number of carbonyl (C=O) groups excluding carboxylic acids is 2. The maximum Gasteiger partial charge on any atom is 0.410 e. The Kier molecular flexibility index (Phi) is 9.83. The predicted octanol–water partition coefficient (Wildman–Crippen LogP) is 8.87. The number of thioether (sulfide) groups is 1. The van der Waals surface area contributed by atoms with Gasteiger partial charge in [0, 0.05) is 64.6 Å². The van der Waals surface area contributed by atoms with Gasteiger partial charge in [-0.3, -0.25) is 14.3 Å². The summed E-state index contributed by atoms with van der Waals surface area (Å²) in [7, 11) is 5.23. The van der Waals surface area contributed by atoms with E-state index < -0.39 is 17.7 Å². The molecule has 13 heteroatoms. The molecule has 2 aliphatic heterocycles. The molecule has 0 unspecified atom stereocenters. The SMILES string of the molecule is COC(=O)c1c2c3ccc(Cl)c(c3n1C)-c1c(nn3c1CCC3)CN(C(=O)OC(C)(C)C)Cc1cc(n(C)n1)CSc1cc(c3ccccc3c1)OCCC2. The lowest BCUT2D eigenvalue weighted by Crippen LogP contribution is -2.36. The van der Waals surface area contributed by atoms with E-state index in [4.69, 9.17) is 36.0 Å². The van der Waals surface area contributed by atoms with Crippen molar-refractivity contribution in [1.29, 1.82) is 0 Å². The second-order valence-corrected chi connectivity index (χ2v) is 16.7. The highest BCUT2D eigenvalue weighted by atomic mass is 35.5. The Bertz CT molecular complexity index is 2480. The van der Waals surface area contributed by atoms with Crippen molar-refractivity contribution >= 4 is 57.1 Å². The van der Waals surface area contributed by atoms with Crippen LogP contribution in [0.25, 0.3) is 32.8 Å². The molecule has 1 amide bonds. The molecule has 6 aromatic rings. The quantitative estimate of drug-likeness (QED) is 0.153. The van der Waals surface area contributed by atoms with Gasteiger partial charge in [-0.1, -0.05) is 41.9 Å². The summed E-state index contributed by atoms with van der Waals surface area (Å²) in [4.78, 5) is 30.3. The van der Waals surface area contributed by atoms with E-state index in [1.807, 2.05) is 73.1 Å². The van der Waals surface area contributed by atoms with Crippen LogP contribution in [0.15, 0.2) is 59.5 Å². The van der Waals surface area contributed by atoms with E-state index in [-0.39, 0.29) is 13.1 Å². The highest BCUT2D eigenvalue weighted by Crippen LogP contribution is 2.44. The molecule has 0 atom stereocenters. The van der Waals surface area contributed by atoms with Crippen LogP contribution >= 0.6 is 23.4 Å². The molecular formula is C42H45ClN6O5S. The van der Waals surface area contributed by atoms with Crippen molar-refractivity contribution in [3.8, 4) is 16.9 Å². The second kappa shape index (κ2) is 14.6. The zero-order valence-corrected chi connectivity index (χ0v) is 33.6. The van der Waals surface area contributed by atoms with E-state index >= 15 is 0 Å². The van der Waals surface area contributed by atoms with Crippen LogP contribution in [0.3, 0.4) is 0 Å². The number of hydrogen-bond donors (Lipinski definition) is 0. The van der Waals surface area contributed by atoms with E-state index in [0.29, 0.717) is 41.6 Å². The van der Waals surface area contributed by atoms with Gasteiger partial charge in [0.2, 0.25) is 0 Å². The van der Waals surface area contributed by atoms with E-state index in [1.54, 1.807) is 16.7 Å². The van der Waals surface area contributed by atoms with Gasteiger partial charge < -0.3 is 18.8 Å². The Labute approximate surface area is 329 Å². The van der Waals surface area contributed by atoms with Crippen LogP contribution in [-0.2, 0) is 61.8 Å². The van der Waals surface area contributed by atoms with Gasteiger partial charge in [-0.15, -0.1) is 11.8 Å². The number of aryl methyl sites for hydroxylation is 4. The van der Waals surface area contributed by atoms with E-state index in [1.165, 1.54) is 7.11 Å².